The Labute approximate surface area is 114 Å². The molecule has 1 rings (SSSR count). The standard InChI is InChI=1S/C12H20N2O2S2/c1-4-17-9-10(2)14-18(15,16)12-7-5-11(13-3)6-8-12/h5-8,10,13-14H,4,9H2,1-3H3. The van der Waals surface area contributed by atoms with Crippen LogP contribution in [0.3, 0.4) is 0 Å². The molecule has 0 saturated heterocycles. The lowest BCUT2D eigenvalue weighted by atomic mass is 10.3. The van der Waals surface area contributed by atoms with Crippen LogP contribution in [0.2, 0.25) is 0 Å². The molecule has 0 heterocycles. The zero-order valence-electron chi connectivity index (χ0n) is 10.9. The first-order chi connectivity index (χ1) is 8.49. The molecule has 0 amide bonds. The third kappa shape index (κ3) is 4.51. The maximum Gasteiger partial charge on any atom is 0.240 e. The average Bonchev–Trinajstić information content (AvgIpc) is 2.36. The van der Waals surface area contributed by atoms with Crippen molar-refractivity contribution in [3.8, 4) is 0 Å². The topological polar surface area (TPSA) is 58.2 Å². The predicted molar refractivity (Wildman–Crippen MR) is 78.8 cm³/mol. The zero-order chi connectivity index (χ0) is 13.6. The van der Waals surface area contributed by atoms with Crippen molar-refractivity contribution in [2.24, 2.45) is 0 Å². The van der Waals surface area contributed by atoms with Gasteiger partial charge in [0.2, 0.25) is 10.0 Å². The number of anilines is 1. The lowest BCUT2D eigenvalue weighted by Gasteiger charge is -2.13. The van der Waals surface area contributed by atoms with E-state index in [0.717, 1.165) is 17.2 Å². The van der Waals surface area contributed by atoms with Crippen LogP contribution in [0.25, 0.3) is 0 Å². The molecule has 0 aliphatic heterocycles. The molecule has 1 aromatic carbocycles. The molecule has 0 radical (unpaired) electrons. The molecule has 102 valence electrons. The summed E-state index contributed by atoms with van der Waals surface area (Å²) in [6, 6.07) is 6.64. The van der Waals surface area contributed by atoms with Crippen molar-refractivity contribution in [3.05, 3.63) is 24.3 Å². The van der Waals surface area contributed by atoms with Crippen molar-refractivity contribution in [1.29, 1.82) is 0 Å². The molecule has 0 aromatic heterocycles. The number of hydrogen-bond donors (Lipinski definition) is 2. The smallest absolute Gasteiger partial charge is 0.240 e. The lowest BCUT2D eigenvalue weighted by Crippen LogP contribution is -2.34. The van der Waals surface area contributed by atoms with E-state index in [1.54, 1.807) is 43.1 Å². The monoisotopic (exact) mass is 288 g/mol. The minimum atomic E-state index is -3.41. The molecule has 0 fully saturated rings. The van der Waals surface area contributed by atoms with Gasteiger partial charge in [0.25, 0.3) is 0 Å². The van der Waals surface area contributed by atoms with Crippen LogP contribution < -0.4 is 10.0 Å². The number of rotatable bonds is 7. The van der Waals surface area contributed by atoms with E-state index in [2.05, 4.69) is 17.0 Å². The van der Waals surface area contributed by atoms with Gasteiger partial charge >= 0.3 is 0 Å². The quantitative estimate of drug-likeness (QED) is 0.807. The van der Waals surface area contributed by atoms with Gasteiger partial charge < -0.3 is 5.32 Å². The fourth-order valence-corrected chi connectivity index (χ4v) is 3.48. The van der Waals surface area contributed by atoms with E-state index in [1.807, 2.05) is 6.92 Å². The van der Waals surface area contributed by atoms with E-state index in [0.29, 0.717) is 4.90 Å². The van der Waals surface area contributed by atoms with E-state index in [1.165, 1.54) is 0 Å². The molecule has 18 heavy (non-hydrogen) atoms. The first kappa shape index (κ1) is 15.3. The number of hydrogen-bond acceptors (Lipinski definition) is 4. The summed E-state index contributed by atoms with van der Waals surface area (Å²) in [5, 5.41) is 2.96. The maximum absolute atomic E-state index is 12.1. The highest BCUT2D eigenvalue weighted by atomic mass is 32.2. The van der Waals surface area contributed by atoms with E-state index in [-0.39, 0.29) is 6.04 Å². The van der Waals surface area contributed by atoms with Crippen molar-refractivity contribution >= 4 is 27.5 Å². The zero-order valence-corrected chi connectivity index (χ0v) is 12.6. The Hall–Kier alpha value is -0.720. The Morgan fingerprint density at radius 1 is 1.28 bits per heavy atom. The molecule has 0 aliphatic rings. The van der Waals surface area contributed by atoms with E-state index in [9.17, 15) is 8.42 Å². The fraction of sp³-hybridized carbons (Fsp3) is 0.500. The second-order valence-electron chi connectivity index (χ2n) is 3.96. The van der Waals surface area contributed by atoms with Crippen molar-refractivity contribution in [1.82, 2.24) is 4.72 Å². The molecule has 0 spiro atoms. The van der Waals surface area contributed by atoms with Gasteiger partial charge in [-0.15, -0.1) is 0 Å². The summed E-state index contributed by atoms with van der Waals surface area (Å²) >= 11 is 1.72. The highest BCUT2D eigenvalue weighted by molar-refractivity contribution is 7.99. The minimum absolute atomic E-state index is 0.0658. The first-order valence-corrected chi connectivity index (χ1v) is 8.51. The first-order valence-electron chi connectivity index (χ1n) is 5.87. The highest BCUT2D eigenvalue weighted by Gasteiger charge is 2.16. The van der Waals surface area contributed by atoms with Crippen molar-refractivity contribution in [3.63, 3.8) is 0 Å². The Bertz CT molecular complexity index is 457. The summed E-state index contributed by atoms with van der Waals surface area (Å²) in [7, 11) is -1.61. The van der Waals surface area contributed by atoms with Crippen LogP contribution in [0.4, 0.5) is 5.69 Å². The van der Waals surface area contributed by atoms with Crippen molar-refractivity contribution in [2.75, 3.05) is 23.9 Å². The van der Waals surface area contributed by atoms with Gasteiger partial charge in [0.05, 0.1) is 4.90 Å². The third-order valence-electron chi connectivity index (χ3n) is 2.38. The molecule has 1 atom stereocenters. The minimum Gasteiger partial charge on any atom is -0.388 e. The molecule has 0 bridgehead atoms. The summed E-state index contributed by atoms with van der Waals surface area (Å²) < 4.78 is 26.8. The van der Waals surface area contributed by atoms with Crippen LogP contribution in [0.5, 0.6) is 0 Å². The van der Waals surface area contributed by atoms with Crippen LogP contribution in [-0.2, 0) is 10.0 Å². The Kier molecular flexibility index (Phi) is 5.98. The number of sulfonamides is 1. The lowest BCUT2D eigenvalue weighted by molar-refractivity contribution is 0.571. The summed E-state index contributed by atoms with van der Waals surface area (Å²) in [6.45, 7) is 3.94. The molecule has 4 nitrogen and oxygen atoms in total. The molecule has 0 aliphatic carbocycles. The van der Waals surface area contributed by atoms with E-state index >= 15 is 0 Å². The van der Waals surface area contributed by atoms with Gasteiger partial charge in [-0.1, -0.05) is 6.92 Å². The maximum atomic E-state index is 12.1. The van der Waals surface area contributed by atoms with Gasteiger partial charge in [-0.2, -0.15) is 11.8 Å². The average molecular weight is 288 g/mol. The van der Waals surface area contributed by atoms with Crippen LogP contribution >= 0.6 is 11.8 Å². The summed E-state index contributed by atoms with van der Waals surface area (Å²) in [5.74, 6) is 1.77. The molecular weight excluding hydrogens is 268 g/mol. The van der Waals surface area contributed by atoms with Crippen molar-refractivity contribution in [2.45, 2.75) is 24.8 Å². The SMILES string of the molecule is CCSCC(C)NS(=O)(=O)c1ccc(NC)cc1. The van der Waals surface area contributed by atoms with Crippen LogP contribution in [0.15, 0.2) is 29.2 Å². The Morgan fingerprint density at radius 2 is 1.89 bits per heavy atom. The third-order valence-corrected chi connectivity index (χ3v) is 5.13. The van der Waals surface area contributed by atoms with E-state index < -0.39 is 10.0 Å². The number of nitrogens with one attached hydrogen (secondary N) is 2. The summed E-state index contributed by atoms with van der Waals surface area (Å²) in [4.78, 5) is 0.301. The Morgan fingerprint density at radius 3 is 2.39 bits per heavy atom. The van der Waals surface area contributed by atoms with Gasteiger partial charge in [0, 0.05) is 24.5 Å². The second-order valence-corrected chi connectivity index (χ2v) is 6.99. The predicted octanol–water partition coefficient (Wildman–Crippen LogP) is 2.15. The van der Waals surface area contributed by atoms with Crippen molar-refractivity contribution < 1.29 is 8.42 Å². The number of benzene rings is 1. The molecule has 0 saturated carbocycles. The molecular formula is C12H20N2O2S2. The van der Waals surface area contributed by atoms with Gasteiger partial charge in [-0.05, 0) is 36.9 Å². The largest absolute Gasteiger partial charge is 0.388 e. The number of thioether (sulfide) groups is 1. The molecule has 1 unspecified atom stereocenters. The fourth-order valence-electron chi connectivity index (χ4n) is 1.46. The molecule has 1 aromatic rings. The van der Waals surface area contributed by atoms with Gasteiger partial charge in [-0.3, -0.25) is 0 Å². The summed E-state index contributed by atoms with van der Waals surface area (Å²) in [6.07, 6.45) is 0. The van der Waals surface area contributed by atoms with Crippen LogP contribution in [-0.4, -0.2) is 33.0 Å². The molecule has 2 N–H and O–H groups in total. The normalized spacial score (nSPS) is 13.3. The van der Waals surface area contributed by atoms with Gasteiger partial charge in [0.1, 0.15) is 0 Å². The van der Waals surface area contributed by atoms with Crippen LogP contribution in [0, 0.1) is 0 Å². The van der Waals surface area contributed by atoms with Gasteiger partial charge in [0.15, 0.2) is 0 Å². The summed E-state index contributed by atoms with van der Waals surface area (Å²) in [5.41, 5.74) is 0.892. The van der Waals surface area contributed by atoms with E-state index in [4.69, 9.17) is 0 Å². The highest BCUT2D eigenvalue weighted by Crippen LogP contribution is 2.14. The second kappa shape index (κ2) is 7.01. The Balaban J connectivity index is 2.73. The van der Waals surface area contributed by atoms with Gasteiger partial charge in [-0.25, -0.2) is 13.1 Å². The molecule has 6 heteroatoms. The van der Waals surface area contributed by atoms with Crippen LogP contribution in [0.1, 0.15) is 13.8 Å².